The van der Waals surface area contributed by atoms with Crippen molar-refractivity contribution in [2.24, 2.45) is 5.73 Å². The quantitative estimate of drug-likeness (QED) is 0.825. The van der Waals surface area contributed by atoms with E-state index in [4.69, 9.17) is 10.5 Å². The summed E-state index contributed by atoms with van der Waals surface area (Å²) in [6.07, 6.45) is 4.01. The third-order valence-electron chi connectivity index (χ3n) is 2.88. The van der Waals surface area contributed by atoms with Crippen LogP contribution in [0.15, 0.2) is 0 Å². The van der Waals surface area contributed by atoms with Gasteiger partial charge in [0.2, 0.25) is 0 Å². The first-order valence-corrected chi connectivity index (χ1v) is 6.83. The summed E-state index contributed by atoms with van der Waals surface area (Å²) in [5, 5.41) is 2.57. The van der Waals surface area contributed by atoms with E-state index in [-0.39, 0.29) is 5.97 Å². The Balaban J connectivity index is 2.40. The molecule has 0 radical (unpaired) electrons. The number of ether oxygens (including phenoxy) is 1. The summed E-state index contributed by atoms with van der Waals surface area (Å²) in [6.45, 7) is 2.07. The van der Waals surface area contributed by atoms with E-state index in [0.29, 0.717) is 17.2 Å². The summed E-state index contributed by atoms with van der Waals surface area (Å²) in [4.78, 5) is 24.5. The predicted molar refractivity (Wildman–Crippen MR) is 70.1 cm³/mol. The second kappa shape index (κ2) is 5.39. The Morgan fingerprint density at radius 1 is 1.39 bits per heavy atom. The monoisotopic (exact) mass is 268 g/mol. The van der Waals surface area contributed by atoms with Crippen molar-refractivity contribution in [2.75, 3.05) is 11.9 Å². The standard InChI is InChI=1S/C12H16N2O3S/c1-2-17-11(15)10-9(14-12(13)16)7-5-3-4-6-8(7)18-10/h2-6H2,1H3,(H3,13,14,16). The van der Waals surface area contributed by atoms with Crippen LogP contribution in [0, 0.1) is 0 Å². The first-order chi connectivity index (χ1) is 8.63. The van der Waals surface area contributed by atoms with Gasteiger partial charge in [-0.15, -0.1) is 11.3 Å². The molecule has 0 saturated carbocycles. The lowest BCUT2D eigenvalue weighted by Gasteiger charge is -2.12. The number of carbonyl (C=O) groups excluding carboxylic acids is 2. The van der Waals surface area contributed by atoms with Gasteiger partial charge in [-0.25, -0.2) is 9.59 Å². The van der Waals surface area contributed by atoms with Crippen LogP contribution in [-0.4, -0.2) is 18.6 Å². The largest absolute Gasteiger partial charge is 0.462 e. The summed E-state index contributed by atoms with van der Waals surface area (Å²) in [7, 11) is 0. The molecule has 0 unspecified atom stereocenters. The molecule has 0 atom stereocenters. The average molecular weight is 268 g/mol. The minimum Gasteiger partial charge on any atom is -0.462 e. The topological polar surface area (TPSA) is 81.4 Å². The van der Waals surface area contributed by atoms with Gasteiger partial charge in [-0.2, -0.15) is 0 Å². The van der Waals surface area contributed by atoms with E-state index in [0.717, 1.165) is 36.1 Å². The molecule has 0 bridgehead atoms. The molecule has 0 saturated heterocycles. The van der Waals surface area contributed by atoms with Gasteiger partial charge >= 0.3 is 12.0 Å². The lowest BCUT2D eigenvalue weighted by molar-refractivity contribution is 0.0533. The van der Waals surface area contributed by atoms with Crippen molar-refractivity contribution >= 4 is 29.0 Å². The molecule has 2 amide bonds. The molecular weight excluding hydrogens is 252 g/mol. The van der Waals surface area contributed by atoms with Gasteiger partial charge in [-0.05, 0) is 38.2 Å². The molecule has 2 rings (SSSR count). The van der Waals surface area contributed by atoms with Gasteiger partial charge in [-0.1, -0.05) is 0 Å². The zero-order valence-corrected chi connectivity index (χ0v) is 11.1. The van der Waals surface area contributed by atoms with Gasteiger partial charge in [0, 0.05) is 4.88 Å². The highest BCUT2D eigenvalue weighted by Gasteiger charge is 2.25. The van der Waals surface area contributed by atoms with E-state index in [1.165, 1.54) is 11.3 Å². The van der Waals surface area contributed by atoms with E-state index < -0.39 is 6.03 Å². The molecule has 18 heavy (non-hydrogen) atoms. The molecule has 1 aromatic heterocycles. The molecule has 0 spiro atoms. The van der Waals surface area contributed by atoms with Crippen molar-refractivity contribution in [2.45, 2.75) is 32.6 Å². The Kier molecular flexibility index (Phi) is 3.86. The first-order valence-electron chi connectivity index (χ1n) is 6.01. The molecule has 98 valence electrons. The number of fused-ring (bicyclic) bond motifs is 1. The Labute approximate surface area is 109 Å². The van der Waals surface area contributed by atoms with Crippen LogP contribution in [0.2, 0.25) is 0 Å². The first kappa shape index (κ1) is 12.9. The molecule has 1 aliphatic rings. The van der Waals surface area contributed by atoms with Crippen LogP contribution in [0.3, 0.4) is 0 Å². The summed E-state index contributed by atoms with van der Waals surface area (Å²) < 4.78 is 5.01. The molecule has 6 heteroatoms. The van der Waals surface area contributed by atoms with E-state index in [9.17, 15) is 9.59 Å². The number of amides is 2. The number of aryl methyl sites for hydroxylation is 1. The number of hydrogen-bond acceptors (Lipinski definition) is 4. The molecule has 1 aromatic rings. The maximum atomic E-state index is 11.9. The Morgan fingerprint density at radius 2 is 2.11 bits per heavy atom. The van der Waals surface area contributed by atoms with Crippen molar-refractivity contribution in [1.29, 1.82) is 0 Å². The maximum absolute atomic E-state index is 11.9. The van der Waals surface area contributed by atoms with Crippen LogP contribution in [-0.2, 0) is 17.6 Å². The fourth-order valence-corrected chi connectivity index (χ4v) is 3.40. The van der Waals surface area contributed by atoms with Crippen LogP contribution in [0.5, 0.6) is 0 Å². The van der Waals surface area contributed by atoms with Crippen LogP contribution in [0.1, 0.15) is 39.9 Å². The fraction of sp³-hybridized carbons (Fsp3) is 0.500. The molecule has 0 fully saturated rings. The molecule has 5 nitrogen and oxygen atoms in total. The number of anilines is 1. The van der Waals surface area contributed by atoms with Crippen LogP contribution in [0.4, 0.5) is 10.5 Å². The van der Waals surface area contributed by atoms with E-state index in [2.05, 4.69) is 5.32 Å². The average Bonchev–Trinajstić information content (AvgIpc) is 2.68. The third-order valence-corrected chi connectivity index (χ3v) is 4.15. The second-order valence-electron chi connectivity index (χ2n) is 4.12. The number of rotatable bonds is 3. The van der Waals surface area contributed by atoms with Crippen molar-refractivity contribution < 1.29 is 14.3 Å². The zero-order chi connectivity index (χ0) is 13.1. The number of hydrogen-bond donors (Lipinski definition) is 2. The van der Waals surface area contributed by atoms with Crippen molar-refractivity contribution in [3.63, 3.8) is 0 Å². The van der Waals surface area contributed by atoms with Gasteiger partial charge in [-0.3, -0.25) is 0 Å². The van der Waals surface area contributed by atoms with E-state index in [1.807, 2.05) is 0 Å². The van der Waals surface area contributed by atoms with Gasteiger partial charge in [0.05, 0.1) is 12.3 Å². The second-order valence-corrected chi connectivity index (χ2v) is 5.23. The van der Waals surface area contributed by atoms with Gasteiger partial charge < -0.3 is 15.8 Å². The lowest BCUT2D eigenvalue weighted by Crippen LogP contribution is -2.21. The Morgan fingerprint density at radius 3 is 2.78 bits per heavy atom. The summed E-state index contributed by atoms with van der Waals surface area (Å²) in [5.41, 5.74) is 6.77. The minimum atomic E-state index is -0.647. The summed E-state index contributed by atoms with van der Waals surface area (Å²) >= 11 is 1.41. The number of nitrogens with two attached hydrogens (primary N) is 1. The summed E-state index contributed by atoms with van der Waals surface area (Å²) in [5.74, 6) is -0.388. The molecule has 1 heterocycles. The normalized spacial score (nSPS) is 13.8. The minimum absolute atomic E-state index is 0.317. The maximum Gasteiger partial charge on any atom is 0.350 e. The van der Waals surface area contributed by atoms with Gasteiger partial charge in [0.15, 0.2) is 0 Å². The number of primary amides is 1. The lowest BCUT2D eigenvalue weighted by atomic mass is 9.97. The third kappa shape index (κ3) is 2.48. The number of carbonyl (C=O) groups is 2. The van der Waals surface area contributed by atoms with Crippen molar-refractivity contribution in [1.82, 2.24) is 0 Å². The van der Waals surface area contributed by atoms with Crippen molar-refractivity contribution in [3.05, 3.63) is 15.3 Å². The molecular formula is C12H16N2O3S. The number of urea groups is 1. The Bertz CT molecular complexity index is 482. The molecule has 1 aliphatic carbocycles. The zero-order valence-electron chi connectivity index (χ0n) is 10.2. The Hall–Kier alpha value is -1.56. The van der Waals surface area contributed by atoms with E-state index >= 15 is 0 Å². The highest BCUT2D eigenvalue weighted by molar-refractivity contribution is 7.14. The molecule has 3 N–H and O–H groups in total. The number of thiophene rings is 1. The molecule has 0 aliphatic heterocycles. The summed E-state index contributed by atoms with van der Waals surface area (Å²) in [6, 6.07) is -0.647. The smallest absolute Gasteiger partial charge is 0.350 e. The fourth-order valence-electron chi connectivity index (χ4n) is 2.16. The highest BCUT2D eigenvalue weighted by atomic mass is 32.1. The van der Waals surface area contributed by atoms with Crippen molar-refractivity contribution in [3.8, 4) is 0 Å². The van der Waals surface area contributed by atoms with Crippen LogP contribution in [0.25, 0.3) is 0 Å². The van der Waals surface area contributed by atoms with Crippen LogP contribution < -0.4 is 11.1 Å². The highest BCUT2D eigenvalue weighted by Crippen LogP contribution is 2.38. The van der Waals surface area contributed by atoms with E-state index in [1.54, 1.807) is 6.92 Å². The number of nitrogens with one attached hydrogen (secondary N) is 1. The van der Waals surface area contributed by atoms with Gasteiger partial charge in [0.25, 0.3) is 0 Å². The molecule has 0 aromatic carbocycles. The van der Waals surface area contributed by atoms with Gasteiger partial charge in [0.1, 0.15) is 4.88 Å². The SMILES string of the molecule is CCOC(=O)c1sc2c(c1NC(N)=O)CCCC2. The van der Waals surface area contributed by atoms with Crippen LogP contribution >= 0.6 is 11.3 Å². The number of esters is 1. The predicted octanol–water partition coefficient (Wildman–Crippen LogP) is 2.29.